The van der Waals surface area contributed by atoms with Gasteiger partial charge >= 0.3 is 0 Å². The molecule has 4 aromatic carbocycles. The highest BCUT2D eigenvalue weighted by atomic mass is 32.2. The van der Waals surface area contributed by atoms with Gasteiger partial charge in [0.2, 0.25) is 0 Å². The maximum Gasteiger partial charge on any atom is 0.0133 e. The van der Waals surface area contributed by atoms with Gasteiger partial charge in [-0.3, -0.25) is 0 Å². The van der Waals surface area contributed by atoms with E-state index in [0.29, 0.717) is 11.2 Å². The van der Waals surface area contributed by atoms with Crippen LogP contribution in [0, 0.1) is 13.8 Å². The standard InChI is InChI=1S/C30H30S/c1-19-7-5-6-8-25(19)14-23-9-11-26-13-20(2)27(18-28(26)16-23)15-24-10-12-29-21(3)22(4)31-30(29)17-24/h5-13,16-18,21-22H,14-15H2,1-4H3/t21-,22+/m1/s1. The van der Waals surface area contributed by atoms with Gasteiger partial charge in [-0.15, -0.1) is 11.8 Å². The fourth-order valence-electron chi connectivity index (χ4n) is 4.78. The van der Waals surface area contributed by atoms with Gasteiger partial charge in [0.15, 0.2) is 0 Å². The molecule has 2 atom stereocenters. The lowest BCUT2D eigenvalue weighted by molar-refractivity contribution is 0.761. The molecule has 156 valence electrons. The van der Waals surface area contributed by atoms with Crippen LogP contribution in [0.4, 0.5) is 0 Å². The van der Waals surface area contributed by atoms with E-state index in [1.54, 1.807) is 0 Å². The Kier molecular flexibility index (Phi) is 5.40. The minimum atomic E-state index is 0.656. The van der Waals surface area contributed by atoms with Gasteiger partial charge in [0.1, 0.15) is 0 Å². The third kappa shape index (κ3) is 4.04. The van der Waals surface area contributed by atoms with Crippen LogP contribution < -0.4 is 0 Å². The molecule has 0 saturated heterocycles. The molecule has 1 heterocycles. The summed E-state index contributed by atoms with van der Waals surface area (Å²) in [7, 11) is 0. The van der Waals surface area contributed by atoms with E-state index in [9.17, 15) is 0 Å². The Morgan fingerprint density at radius 3 is 2.26 bits per heavy atom. The Hall–Kier alpha value is -2.51. The summed E-state index contributed by atoms with van der Waals surface area (Å²) in [5.41, 5.74) is 9.93. The minimum absolute atomic E-state index is 0.656. The maximum atomic E-state index is 2.43. The van der Waals surface area contributed by atoms with Crippen LogP contribution in [-0.4, -0.2) is 5.25 Å². The summed E-state index contributed by atoms with van der Waals surface area (Å²) in [6, 6.07) is 27.6. The third-order valence-corrected chi connectivity index (χ3v) is 8.38. The molecular formula is C30H30S. The summed E-state index contributed by atoms with van der Waals surface area (Å²) in [5.74, 6) is 0.656. The Bertz CT molecular complexity index is 1270. The summed E-state index contributed by atoms with van der Waals surface area (Å²) in [6.07, 6.45) is 1.99. The lowest BCUT2D eigenvalue weighted by Gasteiger charge is -2.12. The fourth-order valence-corrected chi connectivity index (χ4v) is 6.14. The Balaban J connectivity index is 1.45. The average molecular weight is 423 g/mol. The minimum Gasteiger partial charge on any atom is -0.122 e. The van der Waals surface area contributed by atoms with E-state index in [1.807, 2.05) is 11.8 Å². The molecule has 0 unspecified atom stereocenters. The van der Waals surface area contributed by atoms with Crippen molar-refractivity contribution in [3.8, 4) is 0 Å². The SMILES string of the molecule is Cc1ccccc1Cc1ccc2cc(C)c(Cc3ccc4c(c3)S[C@@H](C)[C@H]4C)cc2c1. The Morgan fingerprint density at radius 1 is 0.677 bits per heavy atom. The number of thioether (sulfide) groups is 1. The summed E-state index contributed by atoms with van der Waals surface area (Å²) in [5, 5.41) is 3.37. The van der Waals surface area contributed by atoms with E-state index in [1.165, 1.54) is 54.6 Å². The van der Waals surface area contributed by atoms with Gasteiger partial charge in [-0.2, -0.15) is 0 Å². The molecule has 5 rings (SSSR count). The molecule has 0 fully saturated rings. The van der Waals surface area contributed by atoms with E-state index in [4.69, 9.17) is 0 Å². The highest BCUT2D eigenvalue weighted by molar-refractivity contribution is 8.00. The number of hydrogen-bond donors (Lipinski definition) is 0. The van der Waals surface area contributed by atoms with Gasteiger partial charge in [0.05, 0.1) is 0 Å². The van der Waals surface area contributed by atoms with Crippen LogP contribution >= 0.6 is 11.8 Å². The maximum absolute atomic E-state index is 2.43. The van der Waals surface area contributed by atoms with Crippen molar-refractivity contribution in [2.24, 2.45) is 0 Å². The molecule has 0 bridgehead atoms. The number of rotatable bonds is 4. The van der Waals surface area contributed by atoms with Gasteiger partial charge in [-0.05, 0) is 88.4 Å². The molecule has 0 nitrogen and oxygen atoms in total. The molecule has 0 radical (unpaired) electrons. The normalized spacial score (nSPS) is 17.8. The Morgan fingerprint density at radius 2 is 1.42 bits per heavy atom. The predicted octanol–water partition coefficient (Wildman–Crippen LogP) is 8.24. The van der Waals surface area contributed by atoms with Gasteiger partial charge < -0.3 is 0 Å². The molecule has 0 aromatic heterocycles. The first-order valence-electron chi connectivity index (χ1n) is 11.3. The second kappa shape index (κ2) is 8.20. The van der Waals surface area contributed by atoms with Crippen LogP contribution in [0.15, 0.2) is 77.7 Å². The van der Waals surface area contributed by atoms with Crippen LogP contribution in [0.1, 0.15) is 58.7 Å². The second-order valence-corrected chi connectivity index (χ2v) is 10.6. The van der Waals surface area contributed by atoms with E-state index >= 15 is 0 Å². The zero-order chi connectivity index (χ0) is 21.5. The average Bonchev–Trinajstić information content (AvgIpc) is 3.03. The molecule has 0 aliphatic carbocycles. The number of fused-ring (bicyclic) bond motifs is 2. The van der Waals surface area contributed by atoms with Crippen molar-refractivity contribution in [1.29, 1.82) is 0 Å². The molecule has 0 amide bonds. The highest BCUT2D eigenvalue weighted by Gasteiger charge is 2.26. The molecule has 1 aliphatic rings. The lowest BCUT2D eigenvalue weighted by atomic mass is 9.92. The molecule has 0 saturated carbocycles. The number of aryl methyl sites for hydroxylation is 2. The largest absolute Gasteiger partial charge is 0.122 e. The predicted molar refractivity (Wildman–Crippen MR) is 136 cm³/mol. The molecule has 1 aliphatic heterocycles. The van der Waals surface area contributed by atoms with Crippen molar-refractivity contribution in [3.05, 3.63) is 112 Å². The first-order chi connectivity index (χ1) is 15.0. The van der Waals surface area contributed by atoms with Crippen molar-refractivity contribution in [2.75, 3.05) is 0 Å². The lowest BCUT2D eigenvalue weighted by Crippen LogP contribution is -2.00. The van der Waals surface area contributed by atoms with Gasteiger partial charge in [-0.1, -0.05) is 80.6 Å². The molecule has 31 heavy (non-hydrogen) atoms. The second-order valence-electron chi connectivity index (χ2n) is 9.22. The van der Waals surface area contributed by atoms with Crippen LogP contribution in [0.25, 0.3) is 10.8 Å². The summed E-state index contributed by atoms with van der Waals surface area (Å²) in [4.78, 5) is 1.48. The third-order valence-electron chi connectivity index (χ3n) is 7.00. The van der Waals surface area contributed by atoms with Crippen LogP contribution in [0.3, 0.4) is 0 Å². The van der Waals surface area contributed by atoms with E-state index in [2.05, 4.69) is 100 Å². The molecular weight excluding hydrogens is 392 g/mol. The molecule has 1 heteroatoms. The van der Waals surface area contributed by atoms with Gasteiger partial charge in [-0.25, -0.2) is 0 Å². The van der Waals surface area contributed by atoms with Crippen LogP contribution in [0.5, 0.6) is 0 Å². The summed E-state index contributed by atoms with van der Waals surface area (Å²) < 4.78 is 0. The summed E-state index contributed by atoms with van der Waals surface area (Å²) >= 11 is 2.03. The Labute approximate surface area is 190 Å². The summed E-state index contributed by atoms with van der Waals surface area (Å²) in [6.45, 7) is 9.15. The smallest absolute Gasteiger partial charge is 0.0133 e. The van der Waals surface area contributed by atoms with Crippen LogP contribution in [0.2, 0.25) is 0 Å². The topological polar surface area (TPSA) is 0 Å². The van der Waals surface area contributed by atoms with Crippen LogP contribution in [-0.2, 0) is 12.8 Å². The first kappa shape index (κ1) is 20.4. The van der Waals surface area contributed by atoms with Crippen molar-refractivity contribution < 1.29 is 0 Å². The van der Waals surface area contributed by atoms with Crippen molar-refractivity contribution in [1.82, 2.24) is 0 Å². The van der Waals surface area contributed by atoms with Gasteiger partial charge in [0.25, 0.3) is 0 Å². The number of hydrogen-bond acceptors (Lipinski definition) is 1. The zero-order valence-electron chi connectivity index (χ0n) is 18.9. The number of benzene rings is 4. The van der Waals surface area contributed by atoms with Crippen molar-refractivity contribution >= 4 is 22.5 Å². The van der Waals surface area contributed by atoms with Gasteiger partial charge in [0, 0.05) is 10.1 Å². The fraction of sp³-hybridized carbons (Fsp3) is 0.267. The molecule has 0 N–H and O–H groups in total. The monoisotopic (exact) mass is 422 g/mol. The quantitative estimate of drug-likeness (QED) is 0.319. The first-order valence-corrected chi connectivity index (χ1v) is 12.2. The zero-order valence-corrected chi connectivity index (χ0v) is 19.7. The van der Waals surface area contributed by atoms with E-state index < -0.39 is 0 Å². The molecule has 4 aromatic rings. The van der Waals surface area contributed by atoms with E-state index in [0.717, 1.165) is 12.8 Å². The molecule has 0 spiro atoms. The van der Waals surface area contributed by atoms with Crippen molar-refractivity contribution in [2.45, 2.75) is 56.6 Å². The highest BCUT2D eigenvalue weighted by Crippen LogP contribution is 2.45. The van der Waals surface area contributed by atoms with E-state index in [-0.39, 0.29) is 0 Å². The van der Waals surface area contributed by atoms with Crippen molar-refractivity contribution in [3.63, 3.8) is 0 Å².